The Morgan fingerprint density at radius 1 is 1.27 bits per heavy atom. The van der Waals surface area contributed by atoms with Crippen molar-refractivity contribution < 1.29 is 9.59 Å². The lowest BCUT2D eigenvalue weighted by atomic mass is 9.85. The fourth-order valence-electron chi connectivity index (χ4n) is 4.88. The van der Waals surface area contributed by atoms with Gasteiger partial charge < -0.3 is 16.4 Å². The average Bonchev–Trinajstić information content (AvgIpc) is 3.14. The Balaban J connectivity index is 1.37. The molecule has 1 aromatic heterocycles. The molecule has 1 saturated carbocycles. The van der Waals surface area contributed by atoms with E-state index in [1.165, 1.54) is 11.1 Å². The van der Waals surface area contributed by atoms with E-state index in [0.717, 1.165) is 37.7 Å². The monoisotopic (exact) mass is 445 g/mol. The summed E-state index contributed by atoms with van der Waals surface area (Å²) in [5.74, 6) is 3.66. The molecule has 2 aliphatic rings. The third-order valence-electron chi connectivity index (χ3n) is 6.88. The molecule has 0 bridgehead atoms. The van der Waals surface area contributed by atoms with Gasteiger partial charge in [-0.3, -0.25) is 9.59 Å². The molecule has 1 heterocycles. The number of rotatable bonds is 8. The van der Waals surface area contributed by atoms with Crippen LogP contribution in [0.15, 0.2) is 24.4 Å². The molecule has 1 atom stereocenters. The van der Waals surface area contributed by atoms with Gasteiger partial charge in [0.25, 0.3) is 0 Å². The van der Waals surface area contributed by atoms with Gasteiger partial charge in [0.05, 0.1) is 11.8 Å². The summed E-state index contributed by atoms with van der Waals surface area (Å²) in [4.78, 5) is 32.9. The number of hydrogen-bond donors (Lipinski definition) is 3. The van der Waals surface area contributed by atoms with Gasteiger partial charge in [-0.1, -0.05) is 31.0 Å². The van der Waals surface area contributed by atoms with E-state index in [4.69, 9.17) is 12.2 Å². The number of anilines is 2. The maximum Gasteiger partial charge on any atom is 0.224 e. The number of nitrogens with one attached hydrogen (secondary N) is 2. The molecule has 2 aromatic rings. The first-order valence-electron chi connectivity index (χ1n) is 11.8. The molecule has 1 unspecified atom stereocenters. The summed E-state index contributed by atoms with van der Waals surface area (Å²) in [6, 6.07) is 6.58. The summed E-state index contributed by atoms with van der Waals surface area (Å²) < 4.78 is 0. The molecule has 1 aromatic carbocycles. The maximum absolute atomic E-state index is 12.6. The molecular formula is C26H31N5O2. The number of ketones is 1. The van der Waals surface area contributed by atoms with Gasteiger partial charge in [-0.15, -0.1) is 6.42 Å². The summed E-state index contributed by atoms with van der Waals surface area (Å²) in [7, 11) is 0. The largest absolute Gasteiger partial charge is 0.369 e. The Morgan fingerprint density at radius 3 is 2.76 bits per heavy atom. The van der Waals surface area contributed by atoms with Gasteiger partial charge in [-0.25, -0.2) is 4.98 Å². The predicted molar refractivity (Wildman–Crippen MR) is 129 cm³/mol. The Kier molecular flexibility index (Phi) is 6.93. The highest BCUT2D eigenvalue weighted by molar-refractivity contribution is 5.92. The van der Waals surface area contributed by atoms with Gasteiger partial charge in [-0.2, -0.15) is 4.98 Å². The van der Waals surface area contributed by atoms with Gasteiger partial charge in [0, 0.05) is 30.8 Å². The first-order valence-corrected chi connectivity index (χ1v) is 11.8. The third-order valence-corrected chi connectivity index (χ3v) is 6.88. The van der Waals surface area contributed by atoms with Crippen LogP contribution < -0.4 is 16.4 Å². The zero-order valence-corrected chi connectivity index (χ0v) is 19.1. The maximum atomic E-state index is 12.6. The number of hydrogen-bond acceptors (Lipinski definition) is 6. The second-order valence-electron chi connectivity index (χ2n) is 8.99. The number of benzene rings is 1. The minimum absolute atomic E-state index is 0.0467. The number of carbonyl (C=O) groups excluding carboxylic acids is 2. The van der Waals surface area contributed by atoms with Crippen molar-refractivity contribution >= 4 is 23.5 Å². The van der Waals surface area contributed by atoms with Crippen molar-refractivity contribution in [1.29, 1.82) is 0 Å². The van der Waals surface area contributed by atoms with Crippen LogP contribution in [0.25, 0.3) is 0 Å². The van der Waals surface area contributed by atoms with E-state index in [2.05, 4.69) is 51.6 Å². The van der Waals surface area contributed by atoms with Crippen LogP contribution in [0.5, 0.6) is 0 Å². The SMILES string of the molecule is C#Cc1cnc(NCCC2C(=O)Cc3ccc(CC)cc32)nc1NC1CCC(C(N)=O)CC1. The van der Waals surface area contributed by atoms with E-state index in [0.29, 0.717) is 36.7 Å². The molecule has 0 radical (unpaired) electrons. The molecule has 7 heteroatoms. The molecule has 172 valence electrons. The molecule has 2 aliphatic carbocycles. The second-order valence-corrected chi connectivity index (χ2v) is 8.99. The van der Waals surface area contributed by atoms with Crippen molar-refractivity contribution in [2.75, 3.05) is 17.2 Å². The summed E-state index contributed by atoms with van der Waals surface area (Å²) in [5, 5.41) is 6.68. The van der Waals surface area contributed by atoms with E-state index >= 15 is 0 Å². The van der Waals surface area contributed by atoms with Crippen LogP contribution >= 0.6 is 0 Å². The van der Waals surface area contributed by atoms with E-state index in [9.17, 15) is 9.59 Å². The number of terminal acetylenes is 1. The van der Waals surface area contributed by atoms with Crippen molar-refractivity contribution in [2.45, 2.75) is 63.8 Å². The molecule has 33 heavy (non-hydrogen) atoms. The zero-order chi connectivity index (χ0) is 23.4. The zero-order valence-electron chi connectivity index (χ0n) is 19.1. The molecule has 1 amide bonds. The van der Waals surface area contributed by atoms with Crippen LogP contribution in [0.3, 0.4) is 0 Å². The quantitative estimate of drug-likeness (QED) is 0.538. The van der Waals surface area contributed by atoms with Crippen LogP contribution in [0.1, 0.15) is 67.2 Å². The molecule has 0 saturated heterocycles. The van der Waals surface area contributed by atoms with Crippen molar-refractivity contribution in [3.63, 3.8) is 0 Å². The van der Waals surface area contributed by atoms with E-state index in [-0.39, 0.29) is 29.6 Å². The number of carbonyl (C=O) groups is 2. The lowest BCUT2D eigenvalue weighted by Crippen LogP contribution is -2.32. The molecule has 0 spiro atoms. The van der Waals surface area contributed by atoms with E-state index in [1.807, 2.05) is 0 Å². The Morgan fingerprint density at radius 2 is 2.06 bits per heavy atom. The highest BCUT2D eigenvalue weighted by Crippen LogP contribution is 2.34. The highest BCUT2D eigenvalue weighted by atomic mass is 16.1. The predicted octanol–water partition coefficient (Wildman–Crippen LogP) is 3.19. The summed E-state index contributed by atoms with van der Waals surface area (Å²) in [5.41, 5.74) is 9.61. The summed E-state index contributed by atoms with van der Waals surface area (Å²) >= 11 is 0. The van der Waals surface area contributed by atoms with Gasteiger partial charge in [0.2, 0.25) is 11.9 Å². The van der Waals surface area contributed by atoms with Crippen LogP contribution in [-0.2, 0) is 22.4 Å². The fourth-order valence-corrected chi connectivity index (χ4v) is 4.88. The number of primary amides is 1. The summed E-state index contributed by atoms with van der Waals surface area (Å²) in [6.07, 6.45) is 12.7. The number of fused-ring (bicyclic) bond motifs is 1. The lowest BCUT2D eigenvalue weighted by molar-refractivity contribution is -0.122. The Labute approximate surface area is 195 Å². The number of Topliss-reactive ketones (excluding diaryl/α,β-unsaturated/α-hetero) is 1. The van der Waals surface area contributed by atoms with Crippen molar-refractivity contribution in [1.82, 2.24) is 9.97 Å². The van der Waals surface area contributed by atoms with Crippen LogP contribution in [0.2, 0.25) is 0 Å². The van der Waals surface area contributed by atoms with Crippen LogP contribution in [-0.4, -0.2) is 34.2 Å². The second kappa shape index (κ2) is 10.0. The highest BCUT2D eigenvalue weighted by Gasteiger charge is 2.30. The summed E-state index contributed by atoms with van der Waals surface area (Å²) in [6.45, 7) is 2.71. The Bertz CT molecular complexity index is 1080. The standard InChI is InChI=1S/C26H31N5O2/c1-3-16-5-6-19-14-23(32)21(22(19)13-16)11-12-28-26-29-15-17(4-2)25(31-26)30-20-9-7-18(8-10-20)24(27)33/h2,5-6,13,15,18,20-21H,3,7-12,14H2,1H3,(H2,27,33)(H2,28,29,30,31). The number of amides is 1. The van der Waals surface area contributed by atoms with Gasteiger partial charge in [-0.05, 0) is 55.2 Å². The topological polar surface area (TPSA) is 110 Å². The van der Waals surface area contributed by atoms with E-state index in [1.54, 1.807) is 6.20 Å². The number of aromatic nitrogens is 2. The minimum Gasteiger partial charge on any atom is -0.369 e. The lowest BCUT2D eigenvalue weighted by Gasteiger charge is -2.28. The normalized spacial score (nSPS) is 21.8. The van der Waals surface area contributed by atoms with Crippen molar-refractivity contribution in [3.8, 4) is 12.3 Å². The van der Waals surface area contributed by atoms with Crippen LogP contribution in [0, 0.1) is 18.3 Å². The molecule has 1 fully saturated rings. The average molecular weight is 446 g/mol. The number of nitrogens with zero attached hydrogens (tertiary/aromatic N) is 2. The van der Waals surface area contributed by atoms with Gasteiger partial charge in [0.1, 0.15) is 11.6 Å². The third kappa shape index (κ3) is 5.16. The smallest absolute Gasteiger partial charge is 0.224 e. The van der Waals surface area contributed by atoms with E-state index < -0.39 is 0 Å². The van der Waals surface area contributed by atoms with Gasteiger partial charge in [0.15, 0.2) is 0 Å². The fraction of sp³-hybridized carbons (Fsp3) is 0.462. The molecule has 0 aliphatic heterocycles. The molecular weight excluding hydrogens is 414 g/mol. The van der Waals surface area contributed by atoms with Crippen LogP contribution in [0.4, 0.5) is 11.8 Å². The first kappa shape index (κ1) is 22.8. The molecule has 4 N–H and O–H groups in total. The van der Waals surface area contributed by atoms with Crippen molar-refractivity contribution in [3.05, 3.63) is 46.6 Å². The number of aryl methyl sites for hydroxylation is 1. The minimum atomic E-state index is -0.222. The molecule has 7 nitrogen and oxygen atoms in total. The first-order chi connectivity index (χ1) is 16.0. The molecule has 4 rings (SSSR count). The van der Waals surface area contributed by atoms with Crippen molar-refractivity contribution in [2.24, 2.45) is 11.7 Å². The Hall–Kier alpha value is -3.40. The van der Waals surface area contributed by atoms with Gasteiger partial charge >= 0.3 is 0 Å². The number of nitrogens with two attached hydrogens (primary N) is 1.